The second kappa shape index (κ2) is 10.7. The number of benzene rings is 3. The summed E-state index contributed by atoms with van der Waals surface area (Å²) in [6.07, 6.45) is 0.843. The number of hydrogen-bond acceptors (Lipinski definition) is 6. The van der Waals surface area contributed by atoms with Crippen LogP contribution in [0, 0.1) is 5.82 Å². The molecule has 0 spiro atoms. The van der Waals surface area contributed by atoms with E-state index in [0.717, 1.165) is 55.4 Å². The zero-order chi connectivity index (χ0) is 24.0. The van der Waals surface area contributed by atoms with Crippen molar-refractivity contribution in [3.8, 4) is 5.75 Å². The second-order valence-corrected chi connectivity index (χ2v) is 8.64. The summed E-state index contributed by atoms with van der Waals surface area (Å²) < 4.78 is 21.0. The third-order valence-corrected chi connectivity index (χ3v) is 6.56. The molecular formula is C27H29FN6O. The smallest absolute Gasteiger partial charge is 0.173 e. The van der Waals surface area contributed by atoms with Crippen LogP contribution in [0.15, 0.2) is 78.9 Å². The minimum atomic E-state index is -0.217. The number of nitrogens with zero attached hydrogens (tertiary/aromatic N) is 6. The lowest BCUT2D eigenvalue weighted by atomic mass is 10.0. The van der Waals surface area contributed by atoms with Crippen LogP contribution in [0.3, 0.4) is 0 Å². The van der Waals surface area contributed by atoms with Gasteiger partial charge in [-0.2, -0.15) is 0 Å². The van der Waals surface area contributed by atoms with Gasteiger partial charge in [0.05, 0.1) is 7.11 Å². The topological polar surface area (TPSA) is 59.3 Å². The van der Waals surface area contributed by atoms with Crippen molar-refractivity contribution in [2.45, 2.75) is 19.0 Å². The van der Waals surface area contributed by atoms with E-state index in [9.17, 15) is 4.39 Å². The Morgan fingerprint density at radius 2 is 1.60 bits per heavy atom. The van der Waals surface area contributed by atoms with Gasteiger partial charge in [0.1, 0.15) is 17.6 Å². The zero-order valence-corrected chi connectivity index (χ0v) is 19.8. The van der Waals surface area contributed by atoms with Crippen molar-refractivity contribution in [2.75, 3.05) is 38.2 Å². The number of aryl methyl sites for hydroxylation is 2. The Labute approximate surface area is 204 Å². The third-order valence-electron chi connectivity index (χ3n) is 6.56. The van der Waals surface area contributed by atoms with Crippen molar-refractivity contribution in [1.82, 2.24) is 25.1 Å². The van der Waals surface area contributed by atoms with Gasteiger partial charge in [-0.05, 0) is 52.7 Å². The predicted molar refractivity (Wildman–Crippen MR) is 133 cm³/mol. The molecule has 5 rings (SSSR count). The molecule has 2 heterocycles. The van der Waals surface area contributed by atoms with Gasteiger partial charge >= 0.3 is 0 Å². The molecule has 1 unspecified atom stereocenters. The monoisotopic (exact) mass is 472 g/mol. The molecule has 1 aliphatic heterocycles. The molecule has 3 aromatic carbocycles. The normalized spacial score (nSPS) is 15.2. The minimum absolute atomic E-state index is 0.146. The van der Waals surface area contributed by atoms with Gasteiger partial charge in [-0.15, -0.1) is 5.10 Å². The number of piperazine rings is 1. The Morgan fingerprint density at radius 3 is 2.34 bits per heavy atom. The minimum Gasteiger partial charge on any atom is -0.496 e. The number of halogens is 1. The van der Waals surface area contributed by atoms with E-state index in [2.05, 4.69) is 43.5 Å². The quantitative estimate of drug-likeness (QED) is 0.387. The van der Waals surface area contributed by atoms with Crippen molar-refractivity contribution in [3.05, 3.63) is 102 Å². The maximum Gasteiger partial charge on any atom is 0.173 e. The highest BCUT2D eigenvalue weighted by atomic mass is 19.1. The first kappa shape index (κ1) is 23.0. The first-order chi connectivity index (χ1) is 17.2. The summed E-state index contributed by atoms with van der Waals surface area (Å²) in [7, 11) is 1.70. The average molecular weight is 473 g/mol. The summed E-state index contributed by atoms with van der Waals surface area (Å²) in [5.74, 6) is 1.41. The number of rotatable bonds is 8. The van der Waals surface area contributed by atoms with Crippen LogP contribution in [0.2, 0.25) is 0 Å². The SMILES string of the molecule is COc1ccccc1C(c1nnnn1CCc1ccccc1)N1CCN(c2ccc(F)cc2)CC1. The van der Waals surface area contributed by atoms with Gasteiger partial charge in [0.15, 0.2) is 5.82 Å². The van der Waals surface area contributed by atoms with Crippen LogP contribution in [0.4, 0.5) is 10.1 Å². The van der Waals surface area contributed by atoms with Crippen molar-refractivity contribution >= 4 is 5.69 Å². The van der Waals surface area contributed by atoms with E-state index in [-0.39, 0.29) is 11.9 Å². The first-order valence-corrected chi connectivity index (χ1v) is 11.9. The van der Waals surface area contributed by atoms with Gasteiger partial charge in [-0.1, -0.05) is 48.5 Å². The summed E-state index contributed by atoms with van der Waals surface area (Å²) in [6.45, 7) is 3.95. The molecule has 8 heteroatoms. The van der Waals surface area contributed by atoms with Crippen LogP contribution < -0.4 is 9.64 Å². The average Bonchev–Trinajstić information content (AvgIpc) is 3.37. The highest BCUT2D eigenvalue weighted by Crippen LogP contribution is 2.34. The number of para-hydroxylation sites is 1. The van der Waals surface area contributed by atoms with Crippen LogP contribution in [0.25, 0.3) is 0 Å². The number of tetrazole rings is 1. The van der Waals surface area contributed by atoms with Gasteiger partial charge in [-0.3, -0.25) is 4.90 Å². The van der Waals surface area contributed by atoms with Crippen LogP contribution in [0.1, 0.15) is 23.0 Å². The van der Waals surface area contributed by atoms with Crippen LogP contribution in [-0.2, 0) is 13.0 Å². The number of methoxy groups -OCH3 is 1. The molecular weight excluding hydrogens is 443 g/mol. The Kier molecular flexibility index (Phi) is 6.99. The van der Waals surface area contributed by atoms with Crippen molar-refractivity contribution in [2.24, 2.45) is 0 Å². The van der Waals surface area contributed by atoms with E-state index < -0.39 is 0 Å². The highest BCUT2D eigenvalue weighted by molar-refractivity contribution is 5.47. The van der Waals surface area contributed by atoms with Crippen molar-refractivity contribution in [1.29, 1.82) is 0 Å². The maximum atomic E-state index is 13.4. The molecule has 180 valence electrons. The molecule has 7 nitrogen and oxygen atoms in total. The number of ether oxygens (including phenoxy) is 1. The fourth-order valence-electron chi connectivity index (χ4n) is 4.73. The van der Waals surface area contributed by atoms with Gasteiger partial charge in [0, 0.05) is 44.0 Å². The molecule has 1 aliphatic rings. The molecule has 0 radical (unpaired) electrons. The molecule has 0 saturated carbocycles. The van der Waals surface area contributed by atoms with E-state index in [0.29, 0.717) is 6.54 Å². The molecule has 1 aromatic heterocycles. The van der Waals surface area contributed by atoms with Crippen LogP contribution in [0.5, 0.6) is 5.75 Å². The Hall–Kier alpha value is -3.78. The molecule has 1 fully saturated rings. The first-order valence-electron chi connectivity index (χ1n) is 11.9. The maximum absolute atomic E-state index is 13.4. The molecule has 0 aliphatic carbocycles. The fourth-order valence-corrected chi connectivity index (χ4v) is 4.73. The summed E-state index contributed by atoms with van der Waals surface area (Å²) >= 11 is 0. The third kappa shape index (κ3) is 5.17. The van der Waals surface area contributed by atoms with Gasteiger partial charge in [0.2, 0.25) is 0 Å². The molecule has 1 atom stereocenters. The van der Waals surface area contributed by atoms with Crippen molar-refractivity contribution < 1.29 is 9.13 Å². The van der Waals surface area contributed by atoms with E-state index in [1.54, 1.807) is 7.11 Å². The van der Waals surface area contributed by atoms with E-state index in [4.69, 9.17) is 4.74 Å². The summed E-state index contributed by atoms with van der Waals surface area (Å²) in [4.78, 5) is 4.69. The van der Waals surface area contributed by atoms with E-state index >= 15 is 0 Å². The summed E-state index contributed by atoms with van der Waals surface area (Å²) in [6, 6.07) is 25.0. The molecule has 0 bridgehead atoms. The predicted octanol–water partition coefficient (Wildman–Crippen LogP) is 3.98. The zero-order valence-electron chi connectivity index (χ0n) is 19.8. The summed E-state index contributed by atoms with van der Waals surface area (Å²) in [5.41, 5.74) is 3.32. The molecule has 1 saturated heterocycles. The Bertz CT molecular complexity index is 1220. The van der Waals surface area contributed by atoms with E-state index in [1.807, 2.05) is 53.2 Å². The Morgan fingerprint density at radius 1 is 0.886 bits per heavy atom. The lowest BCUT2D eigenvalue weighted by Crippen LogP contribution is -2.48. The van der Waals surface area contributed by atoms with Crippen LogP contribution in [-0.4, -0.2) is 58.4 Å². The lowest BCUT2D eigenvalue weighted by molar-refractivity contribution is 0.197. The Balaban J connectivity index is 1.41. The fraction of sp³-hybridized carbons (Fsp3) is 0.296. The molecule has 0 N–H and O–H groups in total. The lowest BCUT2D eigenvalue weighted by Gasteiger charge is -2.40. The molecule has 0 amide bonds. The standard InChI is InChI=1S/C27H29FN6O/c1-35-25-10-6-5-9-24(25)26(27-29-30-31-34(27)16-15-21-7-3-2-4-8-21)33-19-17-32(18-20-33)23-13-11-22(28)12-14-23/h2-14,26H,15-20H2,1H3. The largest absolute Gasteiger partial charge is 0.496 e. The summed E-state index contributed by atoms with van der Waals surface area (Å²) in [5, 5.41) is 12.9. The number of hydrogen-bond donors (Lipinski definition) is 0. The molecule has 35 heavy (non-hydrogen) atoms. The second-order valence-electron chi connectivity index (χ2n) is 8.64. The van der Waals surface area contributed by atoms with Gasteiger partial charge in [0.25, 0.3) is 0 Å². The number of aromatic nitrogens is 4. The van der Waals surface area contributed by atoms with Crippen molar-refractivity contribution in [3.63, 3.8) is 0 Å². The molecule has 4 aromatic rings. The van der Waals surface area contributed by atoms with Crippen LogP contribution >= 0.6 is 0 Å². The van der Waals surface area contributed by atoms with E-state index in [1.165, 1.54) is 17.7 Å². The highest BCUT2D eigenvalue weighted by Gasteiger charge is 2.32. The van der Waals surface area contributed by atoms with Gasteiger partial charge < -0.3 is 9.64 Å². The van der Waals surface area contributed by atoms with Gasteiger partial charge in [-0.25, -0.2) is 9.07 Å². The number of anilines is 1.